The monoisotopic (exact) mass is 264 g/mol. The van der Waals surface area contributed by atoms with Gasteiger partial charge in [-0.3, -0.25) is 9.69 Å². The molecular formula is C15H24N2O2. The number of carbonyl (C=O) groups is 1. The molecule has 3 N–H and O–H groups in total. The first-order chi connectivity index (χ1) is 9.12. The van der Waals surface area contributed by atoms with E-state index >= 15 is 0 Å². The third-order valence-electron chi connectivity index (χ3n) is 3.47. The Balaban J connectivity index is 2.75. The zero-order chi connectivity index (χ0) is 14.3. The van der Waals surface area contributed by atoms with E-state index in [1.54, 1.807) is 12.1 Å². The summed E-state index contributed by atoms with van der Waals surface area (Å²) in [6.45, 7) is 5.94. The maximum absolute atomic E-state index is 11.0. The van der Waals surface area contributed by atoms with Crippen molar-refractivity contribution in [1.82, 2.24) is 4.90 Å². The second kappa shape index (κ2) is 7.92. The van der Waals surface area contributed by atoms with Crippen LogP contribution < -0.4 is 5.73 Å². The van der Waals surface area contributed by atoms with Gasteiger partial charge in [0.2, 0.25) is 5.91 Å². The van der Waals surface area contributed by atoms with Crippen molar-refractivity contribution in [3.05, 3.63) is 35.4 Å². The molecule has 0 atom stereocenters. The molecule has 4 heteroatoms. The standard InChI is InChI=1S/C15H24N2O2/c1-3-14(4-2)17(9-10-18)11-12-5-7-13(8-6-12)15(16)19/h5-8,14,18H,3-4,9-11H2,1-2H3,(H2,16,19). The van der Waals surface area contributed by atoms with Crippen LogP contribution in [0.4, 0.5) is 0 Å². The molecule has 0 saturated carbocycles. The molecule has 0 heterocycles. The summed E-state index contributed by atoms with van der Waals surface area (Å²) in [7, 11) is 0. The molecule has 0 bridgehead atoms. The SMILES string of the molecule is CCC(CC)N(CCO)Cc1ccc(C(N)=O)cc1. The molecule has 0 spiro atoms. The van der Waals surface area contributed by atoms with E-state index in [0.717, 1.165) is 24.9 Å². The number of nitrogens with two attached hydrogens (primary N) is 1. The average molecular weight is 264 g/mol. The van der Waals surface area contributed by atoms with Crippen molar-refractivity contribution in [2.24, 2.45) is 5.73 Å². The molecule has 1 rings (SSSR count). The van der Waals surface area contributed by atoms with Gasteiger partial charge in [-0.05, 0) is 30.5 Å². The van der Waals surface area contributed by atoms with Crippen molar-refractivity contribution in [2.75, 3.05) is 13.2 Å². The van der Waals surface area contributed by atoms with Gasteiger partial charge in [-0.15, -0.1) is 0 Å². The summed E-state index contributed by atoms with van der Waals surface area (Å²) < 4.78 is 0. The first-order valence-corrected chi connectivity index (χ1v) is 6.86. The molecule has 0 aliphatic rings. The number of primary amides is 1. The zero-order valence-corrected chi connectivity index (χ0v) is 11.8. The molecule has 0 radical (unpaired) electrons. The number of benzene rings is 1. The lowest BCUT2D eigenvalue weighted by Crippen LogP contribution is -2.36. The Morgan fingerprint density at radius 2 is 1.84 bits per heavy atom. The Kier molecular flexibility index (Phi) is 6.53. The normalized spacial score (nSPS) is 11.2. The molecule has 0 saturated heterocycles. The topological polar surface area (TPSA) is 66.6 Å². The Bertz CT molecular complexity index is 386. The van der Waals surface area contributed by atoms with Crippen LogP contribution in [0.2, 0.25) is 0 Å². The second-order valence-corrected chi connectivity index (χ2v) is 4.73. The lowest BCUT2D eigenvalue weighted by Gasteiger charge is -2.29. The summed E-state index contributed by atoms with van der Waals surface area (Å²) in [5.41, 5.74) is 6.88. The smallest absolute Gasteiger partial charge is 0.248 e. The van der Waals surface area contributed by atoms with Gasteiger partial charge in [0.05, 0.1) is 6.61 Å². The third-order valence-corrected chi connectivity index (χ3v) is 3.47. The minimum absolute atomic E-state index is 0.163. The molecular weight excluding hydrogens is 240 g/mol. The van der Waals surface area contributed by atoms with E-state index in [2.05, 4.69) is 18.7 Å². The van der Waals surface area contributed by atoms with Crippen LogP contribution in [-0.2, 0) is 6.54 Å². The van der Waals surface area contributed by atoms with Crippen LogP contribution in [0.15, 0.2) is 24.3 Å². The van der Waals surface area contributed by atoms with E-state index in [1.165, 1.54) is 0 Å². The van der Waals surface area contributed by atoms with Crippen molar-refractivity contribution >= 4 is 5.91 Å². The molecule has 0 aromatic heterocycles. The van der Waals surface area contributed by atoms with Gasteiger partial charge in [0.1, 0.15) is 0 Å². The predicted octanol–water partition coefficient (Wildman–Crippen LogP) is 1.77. The van der Waals surface area contributed by atoms with Crippen molar-refractivity contribution in [3.63, 3.8) is 0 Å². The van der Waals surface area contributed by atoms with Crippen LogP contribution in [0.25, 0.3) is 0 Å². The van der Waals surface area contributed by atoms with Crippen molar-refractivity contribution < 1.29 is 9.90 Å². The number of nitrogens with zero attached hydrogens (tertiary/aromatic N) is 1. The highest BCUT2D eigenvalue weighted by atomic mass is 16.3. The summed E-state index contributed by atoms with van der Waals surface area (Å²) in [6, 6.07) is 7.83. The van der Waals surface area contributed by atoms with Crippen molar-refractivity contribution in [3.8, 4) is 0 Å². The van der Waals surface area contributed by atoms with Crippen LogP contribution in [-0.4, -0.2) is 35.1 Å². The molecule has 1 aromatic rings. The summed E-state index contributed by atoms with van der Waals surface area (Å²) in [5, 5.41) is 9.17. The van der Waals surface area contributed by atoms with Gasteiger partial charge in [0, 0.05) is 24.7 Å². The fourth-order valence-corrected chi connectivity index (χ4v) is 2.33. The highest BCUT2D eigenvalue weighted by Crippen LogP contribution is 2.14. The third kappa shape index (κ3) is 4.65. The number of rotatable bonds is 8. The minimum Gasteiger partial charge on any atom is -0.395 e. The number of carbonyl (C=O) groups excluding carboxylic acids is 1. The maximum atomic E-state index is 11.0. The maximum Gasteiger partial charge on any atom is 0.248 e. The number of hydrogen-bond donors (Lipinski definition) is 2. The summed E-state index contributed by atoms with van der Waals surface area (Å²) in [6.07, 6.45) is 2.13. The molecule has 106 valence electrons. The summed E-state index contributed by atoms with van der Waals surface area (Å²) >= 11 is 0. The lowest BCUT2D eigenvalue weighted by atomic mass is 10.1. The van der Waals surface area contributed by atoms with E-state index in [1.807, 2.05) is 12.1 Å². The minimum atomic E-state index is -0.404. The van der Waals surface area contributed by atoms with Gasteiger partial charge in [-0.25, -0.2) is 0 Å². The number of amides is 1. The molecule has 0 aliphatic heterocycles. The molecule has 1 amide bonds. The molecule has 0 fully saturated rings. The van der Waals surface area contributed by atoms with Crippen LogP contribution in [0, 0.1) is 0 Å². The van der Waals surface area contributed by atoms with E-state index in [0.29, 0.717) is 18.2 Å². The Hall–Kier alpha value is -1.39. The van der Waals surface area contributed by atoms with E-state index in [4.69, 9.17) is 10.8 Å². The summed E-state index contributed by atoms with van der Waals surface area (Å²) in [4.78, 5) is 13.3. The van der Waals surface area contributed by atoms with Crippen molar-refractivity contribution in [1.29, 1.82) is 0 Å². The Morgan fingerprint density at radius 1 is 1.26 bits per heavy atom. The highest BCUT2D eigenvalue weighted by molar-refractivity contribution is 5.92. The molecule has 0 unspecified atom stereocenters. The fraction of sp³-hybridized carbons (Fsp3) is 0.533. The van der Waals surface area contributed by atoms with Crippen LogP contribution in [0.1, 0.15) is 42.6 Å². The largest absolute Gasteiger partial charge is 0.395 e. The lowest BCUT2D eigenvalue weighted by molar-refractivity contribution is 0.1000. The van der Waals surface area contributed by atoms with Crippen LogP contribution in [0.5, 0.6) is 0 Å². The van der Waals surface area contributed by atoms with Gasteiger partial charge in [0.15, 0.2) is 0 Å². The van der Waals surface area contributed by atoms with Gasteiger partial charge >= 0.3 is 0 Å². The average Bonchev–Trinajstić information content (AvgIpc) is 2.41. The van der Waals surface area contributed by atoms with Gasteiger partial charge in [-0.1, -0.05) is 26.0 Å². The Morgan fingerprint density at radius 3 is 2.26 bits per heavy atom. The molecule has 19 heavy (non-hydrogen) atoms. The molecule has 0 aliphatic carbocycles. The molecule has 4 nitrogen and oxygen atoms in total. The number of aliphatic hydroxyl groups excluding tert-OH is 1. The van der Waals surface area contributed by atoms with Crippen LogP contribution >= 0.6 is 0 Å². The quantitative estimate of drug-likeness (QED) is 0.752. The first-order valence-electron chi connectivity index (χ1n) is 6.86. The second-order valence-electron chi connectivity index (χ2n) is 4.73. The van der Waals surface area contributed by atoms with Crippen molar-refractivity contribution in [2.45, 2.75) is 39.3 Å². The van der Waals surface area contributed by atoms with Crippen LogP contribution in [0.3, 0.4) is 0 Å². The number of aliphatic hydroxyl groups is 1. The van der Waals surface area contributed by atoms with Gasteiger partial charge in [-0.2, -0.15) is 0 Å². The molecule has 1 aromatic carbocycles. The highest BCUT2D eigenvalue weighted by Gasteiger charge is 2.14. The first kappa shape index (κ1) is 15.7. The Labute approximate surface area is 115 Å². The zero-order valence-electron chi connectivity index (χ0n) is 11.8. The van der Waals surface area contributed by atoms with Gasteiger partial charge in [0.25, 0.3) is 0 Å². The van der Waals surface area contributed by atoms with E-state index in [9.17, 15) is 4.79 Å². The van der Waals surface area contributed by atoms with E-state index in [-0.39, 0.29) is 6.61 Å². The van der Waals surface area contributed by atoms with E-state index < -0.39 is 5.91 Å². The number of hydrogen-bond acceptors (Lipinski definition) is 3. The fourth-order valence-electron chi connectivity index (χ4n) is 2.33. The predicted molar refractivity (Wildman–Crippen MR) is 76.8 cm³/mol. The van der Waals surface area contributed by atoms with Gasteiger partial charge < -0.3 is 10.8 Å². The summed E-state index contributed by atoms with van der Waals surface area (Å²) in [5.74, 6) is -0.404.